The van der Waals surface area contributed by atoms with Crippen molar-refractivity contribution in [2.75, 3.05) is 5.32 Å². The number of nitrogens with one attached hydrogen (secondary N) is 1. The topological polar surface area (TPSA) is 67.8 Å². The van der Waals surface area contributed by atoms with Crippen molar-refractivity contribution in [1.29, 1.82) is 0 Å². The van der Waals surface area contributed by atoms with Crippen molar-refractivity contribution in [3.63, 3.8) is 0 Å². The average Bonchev–Trinajstić information content (AvgIpc) is 2.54. The molecule has 0 saturated heterocycles. The molecular formula is C19H26N2O3. The van der Waals surface area contributed by atoms with Crippen molar-refractivity contribution in [2.45, 2.75) is 59.6 Å². The second-order valence-corrected chi connectivity index (χ2v) is 7.61. The summed E-state index contributed by atoms with van der Waals surface area (Å²) in [5.41, 5.74) is 2.09. The Morgan fingerprint density at radius 2 is 2.00 bits per heavy atom. The summed E-state index contributed by atoms with van der Waals surface area (Å²) in [5.74, 6) is -0.170. The molecule has 2 rings (SSSR count). The highest BCUT2D eigenvalue weighted by atomic mass is 16.6. The number of hydrogen-bond acceptors (Lipinski definition) is 4. The molecule has 1 aromatic rings. The molecule has 0 bridgehead atoms. The van der Waals surface area contributed by atoms with Gasteiger partial charge in [0.25, 0.3) is 0 Å². The zero-order valence-electron chi connectivity index (χ0n) is 15.3. The zero-order chi connectivity index (χ0) is 18.1. The van der Waals surface area contributed by atoms with E-state index in [1.54, 1.807) is 12.1 Å². The minimum absolute atomic E-state index is 0.136. The summed E-state index contributed by atoms with van der Waals surface area (Å²) in [7, 11) is 0. The fourth-order valence-electron chi connectivity index (χ4n) is 2.61. The molecule has 24 heavy (non-hydrogen) atoms. The van der Waals surface area contributed by atoms with E-state index in [-0.39, 0.29) is 5.91 Å². The smallest absolute Gasteiger partial charge is 0.338 e. The fourth-order valence-corrected chi connectivity index (χ4v) is 2.61. The molecule has 0 saturated carbocycles. The Morgan fingerprint density at radius 3 is 2.58 bits per heavy atom. The van der Waals surface area contributed by atoms with E-state index in [1.807, 2.05) is 33.8 Å². The molecular weight excluding hydrogens is 304 g/mol. The molecule has 1 aromatic carbocycles. The van der Waals surface area contributed by atoms with E-state index in [1.165, 1.54) is 0 Å². The number of fused-ring (bicyclic) bond motifs is 1. The van der Waals surface area contributed by atoms with E-state index in [2.05, 4.69) is 24.2 Å². The molecule has 0 aromatic heterocycles. The van der Waals surface area contributed by atoms with Gasteiger partial charge in [0, 0.05) is 11.3 Å². The molecule has 0 radical (unpaired) electrons. The van der Waals surface area contributed by atoms with Crippen LogP contribution in [0.4, 0.5) is 5.69 Å². The van der Waals surface area contributed by atoms with Crippen LogP contribution in [0.5, 0.6) is 0 Å². The first-order chi connectivity index (χ1) is 11.1. The Labute approximate surface area is 143 Å². The molecule has 1 amide bonds. The SMILES string of the molecule is CC1=N[C@@H](CC(C)C)C(=O)Nc2cc(C(=O)OC(C)(C)C)ccc21. The number of ether oxygens (including phenoxy) is 1. The second kappa shape index (κ2) is 6.75. The lowest BCUT2D eigenvalue weighted by atomic mass is 10.0. The van der Waals surface area contributed by atoms with E-state index in [4.69, 9.17) is 4.74 Å². The maximum atomic E-state index is 12.4. The van der Waals surface area contributed by atoms with Crippen LogP contribution in [0.25, 0.3) is 0 Å². The predicted molar refractivity (Wildman–Crippen MR) is 95.7 cm³/mol. The van der Waals surface area contributed by atoms with E-state index in [0.717, 1.165) is 11.3 Å². The number of rotatable bonds is 3. The maximum Gasteiger partial charge on any atom is 0.338 e. The van der Waals surface area contributed by atoms with Crippen LogP contribution in [0.15, 0.2) is 23.2 Å². The highest BCUT2D eigenvalue weighted by Gasteiger charge is 2.25. The Morgan fingerprint density at radius 1 is 1.33 bits per heavy atom. The molecule has 5 nitrogen and oxygen atoms in total. The molecule has 1 aliphatic rings. The average molecular weight is 330 g/mol. The van der Waals surface area contributed by atoms with Crippen molar-refractivity contribution in [2.24, 2.45) is 10.9 Å². The van der Waals surface area contributed by atoms with Crippen molar-refractivity contribution in [3.8, 4) is 0 Å². The number of amides is 1. The number of anilines is 1. The van der Waals surface area contributed by atoms with Crippen molar-refractivity contribution in [1.82, 2.24) is 0 Å². The standard InChI is InChI=1S/C19H26N2O3/c1-11(2)9-16-17(22)21-15-10-13(18(23)24-19(4,5)6)7-8-14(15)12(3)20-16/h7-8,10-11,16H,9H2,1-6H3,(H,21,22)/t16-/m0/s1. The Hall–Kier alpha value is -2.17. The summed E-state index contributed by atoms with van der Waals surface area (Å²) in [6.45, 7) is 11.5. The van der Waals surface area contributed by atoms with Crippen LogP contribution in [0.2, 0.25) is 0 Å². The lowest BCUT2D eigenvalue weighted by Crippen LogP contribution is -2.27. The number of esters is 1. The predicted octanol–water partition coefficient (Wildman–Crippen LogP) is 3.82. The third-order valence-electron chi connectivity index (χ3n) is 3.65. The number of hydrogen-bond donors (Lipinski definition) is 1. The molecule has 1 heterocycles. The van der Waals surface area contributed by atoms with Gasteiger partial charge in [0.1, 0.15) is 11.6 Å². The summed E-state index contributed by atoms with van der Waals surface area (Å²) in [5, 5.41) is 2.91. The number of benzodiazepines with no additional fused rings is 1. The lowest BCUT2D eigenvalue weighted by molar-refractivity contribution is -0.117. The highest BCUT2D eigenvalue weighted by Crippen LogP contribution is 2.25. The first-order valence-corrected chi connectivity index (χ1v) is 8.30. The maximum absolute atomic E-state index is 12.4. The van der Waals surface area contributed by atoms with E-state index >= 15 is 0 Å². The summed E-state index contributed by atoms with van der Waals surface area (Å²) < 4.78 is 5.39. The summed E-state index contributed by atoms with van der Waals surface area (Å²) in [6.07, 6.45) is 0.691. The number of benzene rings is 1. The molecule has 1 aliphatic heterocycles. The number of aliphatic imine (C=N–C) groups is 1. The quantitative estimate of drug-likeness (QED) is 0.857. The van der Waals surface area contributed by atoms with Gasteiger partial charge < -0.3 is 10.1 Å². The minimum atomic E-state index is -0.563. The zero-order valence-corrected chi connectivity index (χ0v) is 15.3. The molecule has 1 atom stereocenters. The minimum Gasteiger partial charge on any atom is -0.456 e. The molecule has 0 fully saturated rings. The first-order valence-electron chi connectivity index (χ1n) is 8.30. The number of carbonyl (C=O) groups excluding carboxylic acids is 2. The summed E-state index contributed by atoms with van der Waals surface area (Å²) in [6, 6.07) is 4.78. The highest BCUT2D eigenvalue weighted by molar-refractivity contribution is 6.11. The van der Waals surface area contributed by atoms with Gasteiger partial charge in [0.15, 0.2) is 0 Å². The molecule has 5 heteroatoms. The van der Waals surface area contributed by atoms with Crippen molar-refractivity contribution < 1.29 is 14.3 Å². The molecule has 0 spiro atoms. The number of carbonyl (C=O) groups is 2. The summed E-state index contributed by atoms with van der Waals surface area (Å²) >= 11 is 0. The molecule has 1 N–H and O–H groups in total. The van der Waals surface area contributed by atoms with Gasteiger partial charge in [-0.2, -0.15) is 0 Å². The lowest BCUT2D eigenvalue weighted by Gasteiger charge is -2.20. The van der Waals surface area contributed by atoms with E-state index in [9.17, 15) is 9.59 Å². The van der Waals surface area contributed by atoms with Gasteiger partial charge in [-0.1, -0.05) is 19.9 Å². The molecule has 0 unspecified atom stereocenters. The van der Waals surface area contributed by atoms with Gasteiger partial charge in [0.05, 0.1) is 11.3 Å². The Bertz CT molecular complexity index is 684. The third kappa shape index (κ3) is 4.43. The largest absolute Gasteiger partial charge is 0.456 e. The van der Waals surface area contributed by atoms with Crippen molar-refractivity contribution >= 4 is 23.3 Å². The Kier molecular flexibility index (Phi) is 5.11. The van der Waals surface area contributed by atoms with Gasteiger partial charge in [-0.3, -0.25) is 9.79 Å². The monoisotopic (exact) mass is 330 g/mol. The van der Waals surface area contributed by atoms with Crippen LogP contribution in [0.1, 0.15) is 63.9 Å². The van der Waals surface area contributed by atoms with Crippen LogP contribution in [-0.4, -0.2) is 29.2 Å². The third-order valence-corrected chi connectivity index (χ3v) is 3.65. The van der Waals surface area contributed by atoms with Gasteiger partial charge in [-0.05, 0) is 52.2 Å². The normalized spacial score (nSPS) is 17.7. The van der Waals surface area contributed by atoms with Crippen LogP contribution in [0.3, 0.4) is 0 Å². The van der Waals surface area contributed by atoms with E-state index in [0.29, 0.717) is 23.6 Å². The fraction of sp³-hybridized carbons (Fsp3) is 0.526. The first kappa shape index (κ1) is 18.2. The van der Waals surface area contributed by atoms with Gasteiger partial charge in [-0.25, -0.2) is 4.79 Å². The molecule has 130 valence electrons. The van der Waals surface area contributed by atoms with Crippen LogP contribution < -0.4 is 5.32 Å². The van der Waals surface area contributed by atoms with Gasteiger partial charge in [-0.15, -0.1) is 0 Å². The molecule has 0 aliphatic carbocycles. The van der Waals surface area contributed by atoms with Crippen LogP contribution >= 0.6 is 0 Å². The van der Waals surface area contributed by atoms with Gasteiger partial charge in [0.2, 0.25) is 5.91 Å². The van der Waals surface area contributed by atoms with Crippen molar-refractivity contribution in [3.05, 3.63) is 29.3 Å². The van der Waals surface area contributed by atoms with E-state index < -0.39 is 17.6 Å². The second-order valence-electron chi connectivity index (χ2n) is 7.61. The van der Waals surface area contributed by atoms with Gasteiger partial charge >= 0.3 is 5.97 Å². The Balaban J connectivity index is 2.32. The summed E-state index contributed by atoms with van der Waals surface area (Å²) in [4.78, 5) is 29.2. The van der Waals surface area contributed by atoms with Crippen LogP contribution in [0, 0.1) is 5.92 Å². The van der Waals surface area contributed by atoms with Crippen LogP contribution in [-0.2, 0) is 9.53 Å². The number of nitrogens with zero attached hydrogens (tertiary/aromatic N) is 1.